The standard InChI is InChI=1S/C14H27N.BrH/c1-4-10-14(11-5-2)12-8-7-9-13-15-6-3;/h4-5,14-15H,1-2,6-13H2,3H3;1H. The van der Waals surface area contributed by atoms with E-state index >= 15 is 0 Å². The normalized spacial score (nSPS) is 9.88. The van der Waals surface area contributed by atoms with E-state index in [-0.39, 0.29) is 17.0 Å². The van der Waals surface area contributed by atoms with E-state index in [0.29, 0.717) is 0 Å². The lowest BCUT2D eigenvalue weighted by Crippen LogP contribution is -2.13. The molecule has 0 aliphatic rings. The fourth-order valence-corrected chi connectivity index (χ4v) is 1.84. The zero-order chi connectivity index (χ0) is 11.4. The second-order valence-corrected chi connectivity index (χ2v) is 4.12. The lowest BCUT2D eigenvalue weighted by atomic mass is 9.94. The van der Waals surface area contributed by atoms with E-state index in [4.69, 9.17) is 0 Å². The average molecular weight is 290 g/mol. The highest BCUT2D eigenvalue weighted by molar-refractivity contribution is 8.93. The summed E-state index contributed by atoms with van der Waals surface area (Å²) in [6.07, 6.45) is 11.7. The van der Waals surface area contributed by atoms with Crippen LogP contribution in [0, 0.1) is 5.92 Å². The zero-order valence-corrected chi connectivity index (χ0v) is 12.4. The van der Waals surface area contributed by atoms with E-state index in [1.54, 1.807) is 0 Å². The van der Waals surface area contributed by atoms with Crippen LogP contribution < -0.4 is 5.32 Å². The van der Waals surface area contributed by atoms with Gasteiger partial charge < -0.3 is 5.32 Å². The largest absolute Gasteiger partial charge is 0.317 e. The van der Waals surface area contributed by atoms with Gasteiger partial charge in [-0.15, -0.1) is 30.1 Å². The SMILES string of the molecule is Br.C=CCC(CC=C)CCCCCNCC. The van der Waals surface area contributed by atoms with Crippen LogP contribution in [-0.2, 0) is 0 Å². The molecule has 2 heteroatoms. The van der Waals surface area contributed by atoms with Crippen LogP contribution in [0.3, 0.4) is 0 Å². The van der Waals surface area contributed by atoms with Gasteiger partial charge in [0.1, 0.15) is 0 Å². The Balaban J connectivity index is 0. The maximum absolute atomic E-state index is 3.81. The molecule has 0 aliphatic carbocycles. The van der Waals surface area contributed by atoms with Gasteiger partial charge in [0, 0.05) is 0 Å². The summed E-state index contributed by atoms with van der Waals surface area (Å²) in [4.78, 5) is 0. The number of hydrogen-bond acceptors (Lipinski definition) is 1. The summed E-state index contributed by atoms with van der Waals surface area (Å²) in [5.74, 6) is 0.777. The summed E-state index contributed by atoms with van der Waals surface area (Å²) < 4.78 is 0. The Labute approximate surface area is 112 Å². The van der Waals surface area contributed by atoms with Crippen molar-refractivity contribution in [2.75, 3.05) is 13.1 Å². The second kappa shape index (κ2) is 14.9. The van der Waals surface area contributed by atoms with Crippen LogP contribution in [0.1, 0.15) is 45.4 Å². The molecule has 0 rings (SSSR count). The molecule has 1 nitrogen and oxygen atoms in total. The van der Waals surface area contributed by atoms with Crippen LogP contribution in [-0.4, -0.2) is 13.1 Å². The van der Waals surface area contributed by atoms with E-state index in [1.807, 2.05) is 12.2 Å². The third kappa shape index (κ3) is 12.0. The maximum Gasteiger partial charge on any atom is -0.00490 e. The van der Waals surface area contributed by atoms with Crippen molar-refractivity contribution in [3.63, 3.8) is 0 Å². The molecule has 0 atom stereocenters. The van der Waals surface area contributed by atoms with Crippen molar-refractivity contribution in [3.05, 3.63) is 25.3 Å². The van der Waals surface area contributed by atoms with E-state index in [9.17, 15) is 0 Å². The molecule has 0 aromatic rings. The molecule has 0 aromatic carbocycles. The summed E-state index contributed by atoms with van der Waals surface area (Å²) in [5.41, 5.74) is 0. The Kier molecular flexibility index (Phi) is 17.1. The molecule has 0 aliphatic heterocycles. The van der Waals surface area contributed by atoms with Gasteiger partial charge in [-0.05, 0) is 44.7 Å². The van der Waals surface area contributed by atoms with Crippen molar-refractivity contribution in [2.45, 2.75) is 45.4 Å². The smallest absolute Gasteiger partial charge is 0.00490 e. The van der Waals surface area contributed by atoms with Crippen LogP contribution in [0.5, 0.6) is 0 Å². The number of unbranched alkanes of at least 4 members (excludes halogenated alkanes) is 2. The third-order valence-corrected chi connectivity index (χ3v) is 2.72. The summed E-state index contributed by atoms with van der Waals surface area (Å²) in [6, 6.07) is 0. The van der Waals surface area contributed by atoms with Gasteiger partial charge in [0.05, 0.1) is 0 Å². The van der Waals surface area contributed by atoms with Crippen LogP contribution in [0.25, 0.3) is 0 Å². The molecule has 0 aromatic heterocycles. The third-order valence-electron chi connectivity index (χ3n) is 2.72. The minimum absolute atomic E-state index is 0. The van der Waals surface area contributed by atoms with Crippen LogP contribution in [0.4, 0.5) is 0 Å². The number of rotatable bonds is 11. The number of hydrogen-bond donors (Lipinski definition) is 1. The van der Waals surface area contributed by atoms with Gasteiger partial charge in [-0.25, -0.2) is 0 Å². The summed E-state index contributed by atoms with van der Waals surface area (Å²) in [6.45, 7) is 12.0. The van der Waals surface area contributed by atoms with Gasteiger partial charge in [0.25, 0.3) is 0 Å². The first-order chi connectivity index (χ1) is 7.35. The zero-order valence-electron chi connectivity index (χ0n) is 10.7. The Bertz CT molecular complexity index is 147. The monoisotopic (exact) mass is 289 g/mol. The Hall–Kier alpha value is -0.0800. The topological polar surface area (TPSA) is 12.0 Å². The molecular weight excluding hydrogens is 262 g/mol. The Morgan fingerprint density at radius 3 is 2.19 bits per heavy atom. The average Bonchev–Trinajstić information content (AvgIpc) is 2.24. The highest BCUT2D eigenvalue weighted by Gasteiger charge is 2.03. The Morgan fingerprint density at radius 1 is 1.06 bits per heavy atom. The van der Waals surface area contributed by atoms with E-state index in [2.05, 4.69) is 25.4 Å². The molecule has 0 radical (unpaired) electrons. The van der Waals surface area contributed by atoms with Crippen molar-refractivity contribution >= 4 is 17.0 Å². The lowest BCUT2D eigenvalue weighted by molar-refractivity contribution is 0.461. The van der Waals surface area contributed by atoms with E-state index in [0.717, 1.165) is 25.3 Å². The van der Waals surface area contributed by atoms with Crippen LogP contribution in [0.15, 0.2) is 25.3 Å². The van der Waals surface area contributed by atoms with Gasteiger partial charge in [-0.1, -0.05) is 31.9 Å². The van der Waals surface area contributed by atoms with Crippen molar-refractivity contribution in [2.24, 2.45) is 5.92 Å². The van der Waals surface area contributed by atoms with Gasteiger partial charge in [0.2, 0.25) is 0 Å². The molecule has 0 saturated heterocycles. The van der Waals surface area contributed by atoms with Crippen molar-refractivity contribution in [1.82, 2.24) is 5.32 Å². The predicted molar refractivity (Wildman–Crippen MR) is 80.5 cm³/mol. The van der Waals surface area contributed by atoms with E-state index in [1.165, 1.54) is 32.2 Å². The molecule has 0 amide bonds. The summed E-state index contributed by atoms with van der Waals surface area (Å²) in [5, 5.41) is 3.35. The van der Waals surface area contributed by atoms with Crippen molar-refractivity contribution in [1.29, 1.82) is 0 Å². The molecule has 96 valence electrons. The summed E-state index contributed by atoms with van der Waals surface area (Å²) in [7, 11) is 0. The molecule has 16 heavy (non-hydrogen) atoms. The molecule has 0 fully saturated rings. The lowest BCUT2D eigenvalue weighted by Gasteiger charge is -2.12. The van der Waals surface area contributed by atoms with E-state index < -0.39 is 0 Å². The van der Waals surface area contributed by atoms with Crippen molar-refractivity contribution < 1.29 is 0 Å². The molecule has 0 saturated carbocycles. The summed E-state index contributed by atoms with van der Waals surface area (Å²) >= 11 is 0. The fraction of sp³-hybridized carbons (Fsp3) is 0.714. The molecular formula is C14H28BrN. The maximum atomic E-state index is 3.81. The number of allylic oxidation sites excluding steroid dienone is 2. The highest BCUT2D eigenvalue weighted by Crippen LogP contribution is 2.18. The van der Waals surface area contributed by atoms with Gasteiger partial charge in [0.15, 0.2) is 0 Å². The fourth-order valence-electron chi connectivity index (χ4n) is 1.84. The molecule has 1 N–H and O–H groups in total. The first kappa shape index (κ1) is 18.3. The van der Waals surface area contributed by atoms with Crippen molar-refractivity contribution in [3.8, 4) is 0 Å². The van der Waals surface area contributed by atoms with Gasteiger partial charge in [-0.2, -0.15) is 0 Å². The predicted octanol–water partition coefficient (Wildman–Crippen LogP) is 4.50. The second-order valence-electron chi connectivity index (χ2n) is 4.12. The quantitative estimate of drug-likeness (QED) is 0.436. The number of nitrogens with one attached hydrogen (secondary N) is 1. The van der Waals surface area contributed by atoms with Crippen LogP contribution in [0.2, 0.25) is 0 Å². The molecule has 0 bridgehead atoms. The van der Waals surface area contributed by atoms with Gasteiger partial charge in [-0.3, -0.25) is 0 Å². The Morgan fingerprint density at radius 2 is 1.69 bits per heavy atom. The minimum Gasteiger partial charge on any atom is -0.317 e. The van der Waals surface area contributed by atoms with Gasteiger partial charge >= 0.3 is 0 Å². The molecule has 0 unspecified atom stereocenters. The minimum atomic E-state index is 0. The number of halogens is 1. The molecule has 0 spiro atoms. The van der Waals surface area contributed by atoms with Crippen LogP contribution >= 0.6 is 17.0 Å². The highest BCUT2D eigenvalue weighted by atomic mass is 79.9. The first-order valence-electron chi connectivity index (χ1n) is 6.27. The first-order valence-corrected chi connectivity index (χ1v) is 6.27. The molecule has 0 heterocycles.